The Morgan fingerprint density at radius 3 is 2.65 bits per heavy atom. The summed E-state index contributed by atoms with van der Waals surface area (Å²) in [6, 6.07) is 2.67. The number of carboxylic acids is 1. The van der Waals surface area contributed by atoms with Crippen LogP contribution in [0.15, 0.2) is 29.7 Å². The minimum atomic E-state index is -3.30. The SMILES string of the molecule is O=C(O)c1ccc([N+](=O)[O-])c(NC2C=CS(=O)(=O)C2)c1. The second-order valence-electron chi connectivity index (χ2n) is 4.20. The number of hydrogen-bond donors (Lipinski definition) is 2. The lowest BCUT2D eigenvalue weighted by Crippen LogP contribution is -2.21. The number of carboxylic acid groups (broad SMARTS) is 1. The molecule has 106 valence electrons. The van der Waals surface area contributed by atoms with Crippen LogP contribution in [-0.4, -0.2) is 36.2 Å². The molecule has 8 nitrogen and oxygen atoms in total. The Morgan fingerprint density at radius 2 is 2.15 bits per heavy atom. The molecular formula is C11H10N2O6S. The van der Waals surface area contributed by atoms with Gasteiger partial charge in [-0.05, 0) is 12.1 Å². The van der Waals surface area contributed by atoms with Gasteiger partial charge in [-0.15, -0.1) is 0 Å². The lowest BCUT2D eigenvalue weighted by molar-refractivity contribution is -0.384. The van der Waals surface area contributed by atoms with Crippen LogP contribution in [0.2, 0.25) is 0 Å². The molecule has 0 saturated heterocycles. The predicted octanol–water partition coefficient (Wildman–Crippen LogP) is 1.02. The van der Waals surface area contributed by atoms with Gasteiger partial charge in [-0.1, -0.05) is 6.08 Å². The van der Waals surface area contributed by atoms with Gasteiger partial charge in [0.05, 0.1) is 22.3 Å². The zero-order valence-corrected chi connectivity index (χ0v) is 10.8. The summed E-state index contributed by atoms with van der Waals surface area (Å²) < 4.78 is 22.5. The van der Waals surface area contributed by atoms with Gasteiger partial charge >= 0.3 is 5.97 Å². The molecule has 0 bridgehead atoms. The molecule has 9 heteroatoms. The third kappa shape index (κ3) is 2.94. The highest BCUT2D eigenvalue weighted by Crippen LogP contribution is 2.27. The first-order valence-electron chi connectivity index (χ1n) is 5.48. The van der Waals surface area contributed by atoms with Crippen LogP contribution in [0.4, 0.5) is 11.4 Å². The highest BCUT2D eigenvalue weighted by molar-refractivity contribution is 7.94. The quantitative estimate of drug-likeness (QED) is 0.627. The van der Waals surface area contributed by atoms with Gasteiger partial charge in [0.1, 0.15) is 5.69 Å². The number of aromatic carboxylic acids is 1. The van der Waals surface area contributed by atoms with E-state index in [1.54, 1.807) is 0 Å². The topological polar surface area (TPSA) is 127 Å². The Labute approximate surface area is 113 Å². The maximum atomic E-state index is 11.3. The Bertz CT molecular complexity index is 710. The van der Waals surface area contributed by atoms with Crippen molar-refractivity contribution in [1.82, 2.24) is 0 Å². The highest BCUT2D eigenvalue weighted by Gasteiger charge is 2.24. The smallest absolute Gasteiger partial charge is 0.335 e. The van der Waals surface area contributed by atoms with Crippen molar-refractivity contribution < 1.29 is 23.2 Å². The van der Waals surface area contributed by atoms with Crippen molar-refractivity contribution >= 4 is 27.2 Å². The molecule has 0 amide bonds. The summed E-state index contributed by atoms with van der Waals surface area (Å²) >= 11 is 0. The van der Waals surface area contributed by atoms with Crippen molar-refractivity contribution in [3.8, 4) is 0 Å². The van der Waals surface area contributed by atoms with Crippen molar-refractivity contribution in [3.05, 3.63) is 45.4 Å². The second-order valence-corrected chi connectivity index (χ2v) is 6.13. The zero-order chi connectivity index (χ0) is 14.9. The molecule has 1 atom stereocenters. The van der Waals surface area contributed by atoms with E-state index in [4.69, 9.17) is 5.11 Å². The molecule has 20 heavy (non-hydrogen) atoms. The lowest BCUT2D eigenvalue weighted by atomic mass is 10.1. The molecule has 1 aromatic rings. The van der Waals surface area contributed by atoms with E-state index in [1.165, 1.54) is 6.08 Å². The molecular weight excluding hydrogens is 288 g/mol. The van der Waals surface area contributed by atoms with Crippen LogP contribution in [0, 0.1) is 10.1 Å². The zero-order valence-electron chi connectivity index (χ0n) is 10.0. The van der Waals surface area contributed by atoms with Crippen LogP contribution in [0.25, 0.3) is 0 Å². The van der Waals surface area contributed by atoms with E-state index in [2.05, 4.69) is 5.32 Å². The van der Waals surface area contributed by atoms with E-state index in [0.717, 1.165) is 23.6 Å². The Balaban J connectivity index is 2.34. The van der Waals surface area contributed by atoms with E-state index in [-0.39, 0.29) is 22.7 Å². The van der Waals surface area contributed by atoms with E-state index in [9.17, 15) is 23.3 Å². The van der Waals surface area contributed by atoms with E-state index >= 15 is 0 Å². The van der Waals surface area contributed by atoms with E-state index in [0.29, 0.717) is 0 Å². The first-order valence-corrected chi connectivity index (χ1v) is 7.19. The molecule has 1 unspecified atom stereocenters. The first kappa shape index (κ1) is 14.0. The van der Waals surface area contributed by atoms with Crippen LogP contribution < -0.4 is 5.32 Å². The fourth-order valence-electron chi connectivity index (χ4n) is 1.81. The summed E-state index contributed by atoms with van der Waals surface area (Å²) in [6.45, 7) is 0. The number of anilines is 1. The van der Waals surface area contributed by atoms with Crippen molar-refractivity contribution in [2.75, 3.05) is 11.1 Å². The molecule has 0 saturated carbocycles. The average molecular weight is 298 g/mol. The standard InChI is InChI=1S/C11H10N2O6S/c14-11(15)7-1-2-10(13(16)17)9(5-7)12-8-3-4-20(18,19)6-8/h1-5,8,12H,6H2,(H,14,15). The van der Waals surface area contributed by atoms with Gasteiger partial charge in [0.2, 0.25) is 0 Å². The summed E-state index contributed by atoms with van der Waals surface area (Å²) in [5.74, 6) is -1.45. The van der Waals surface area contributed by atoms with Gasteiger partial charge in [-0.25, -0.2) is 13.2 Å². The number of nitrogens with zero attached hydrogens (tertiary/aromatic N) is 1. The normalized spacial score (nSPS) is 19.7. The van der Waals surface area contributed by atoms with Crippen LogP contribution in [-0.2, 0) is 9.84 Å². The third-order valence-corrected chi connectivity index (χ3v) is 4.11. The van der Waals surface area contributed by atoms with Crippen LogP contribution in [0.3, 0.4) is 0 Å². The van der Waals surface area contributed by atoms with Crippen molar-refractivity contribution in [3.63, 3.8) is 0 Å². The molecule has 0 aromatic heterocycles. The largest absolute Gasteiger partial charge is 0.478 e. The first-order chi connectivity index (χ1) is 9.28. The summed E-state index contributed by atoms with van der Waals surface area (Å²) in [6.07, 6.45) is 1.37. The van der Waals surface area contributed by atoms with Crippen LogP contribution >= 0.6 is 0 Å². The summed E-state index contributed by atoms with van der Waals surface area (Å²) in [5, 5.41) is 23.5. The number of hydrogen-bond acceptors (Lipinski definition) is 6. The number of rotatable bonds is 4. The third-order valence-electron chi connectivity index (χ3n) is 2.71. The number of nitro benzene ring substituents is 1. The Hall–Kier alpha value is -2.42. The molecule has 1 aliphatic rings. The number of benzene rings is 1. The number of carbonyl (C=O) groups is 1. The fourth-order valence-corrected chi connectivity index (χ4v) is 3.04. The second kappa shape index (κ2) is 4.93. The van der Waals surface area contributed by atoms with Gasteiger partial charge in [-0.3, -0.25) is 10.1 Å². The van der Waals surface area contributed by atoms with Gasteiger partial charge in [0.15, 0.2) is 9.84 Å². The number of nitro groups is 1. The Morgan fingerprint density at radius 1 is 1.45 bits per heavy atom. The molecule has 0 fully saturated rings. The van der Waals surface area contributed by atoms with Crippen LogP contribution in [0.5, 0.6) is 0 Å². The molecule has 1 aromatic carbocycles. The van der Waals surface area contributed by atoms with Gasteiger partial charge in [0.25, 0.3) is 5.69 Å². The van der Waals surface area contributed by atoms with E-state index < -0.39 is 26.8 Å². The predicted molar refractivity (Wildman–Crippen MR) is 70.4 cm³/mol. The molecule has 0 radical (unpaired) electrons. The molecule has 2 rings (SSSR count). The van der Waals surface area contributed by atoms with E-state index in [1.807, 2.05) is 0 Å². The summed E-state index contributed by atoms with van der Waals surface area (Å²) in [4.78, 5) is 21.1. The Kier molecular flexibility index (Phi) is 3.45. The molecule has 1 heterocycles. The van der Waals surface area contributed by atoms with Gasteiger partial charge in [0, 0.05) is 11.5 Å². The minimum absolute atomic E-state index is 0.0262. The maximum Gasteiger partial charge on any atom is 0.335 e. The van der Waals surface area contributed by atoms with Crippen LogP contribution in [0.1, 0.15) is 10.4 Å². The van der Waals surface area contributed by atoms with Gasteiger partial charge in [-0.2, -0.15) is 0 Å². The minimum Gasteiger partial charge on any atom is -0.478 e. The fraction of sp³-hybridized carbons (Fsp3) is 0.182. The lowest BCUT2D eigenvalue weighted by Gasteiger charge is -2.12. The molecule has 0 aliphatic carbocycles. The van der Waals surface area contributed by atoms with Crippen molar-refractivity contribution in [2.24, 2.45) is 0 Å². The average Bonchev–Trinajstić information content (AvgIpc) is 2.68. The number of nitrogens with one attached hydrogen (secondary N) is 1. The number of sulfone groups is 1. The molecule has 2 N–H and O–H groups in total. The molecule has 0 spiro atoms. The van der Waals surface area contributed by atoms with Crippen molar-refractivity contribution in [1.29, 1.82) is 0 Å². The highest BCUT2D eigenvalue weighted by atomic mass is 32.2. The summed E-state index contributed by atoms with van der Waals surface area (Å²) in [7, 11) is -3.30. The van der Waals surface area contributed by atoms with Crippen molar-refractivity contribution in [2.45, 2.75) is 6.04 Å². The molecule has 1 aliphatic heterocycles. The van der Waals surface area contributed by atoms with Gasteiger partial charge < -0.3 is 10.4 Å². The summed E-state index contributed by atoms with van der Waals surface area (Å²) in [5.41, 5.74) is -0.461. The maximum absolute atomic E-state index is 11.3. The monoisotopic (exact) mass is 298 g/mol.